The number of anilines is 4. The fraction of sp³-hybridized carbons (Fsp3) is 0.143. The van der Waals surface area contributed by atoms with Crippen molar-refractivity contribution in [1.29, 1.82) is 0 Å². The lowest BCUT2D eigenvalue weighted by atomic mass is 10.1. The number of ether oxygens (including phenoxy) is 2. The van der Waals surface area contributed by atoms with Crippen LogP contribution in [0.15, 0.2) is 85.2 Å². The standard InChI is InChI=1S/C28H23N5O4/c34-27-12-19(15-33(27)22-10-11-24-25(13-22)37-17-36-24)28(35)32-21-8-6-20(7-9-21)31-26-14-23(29-16-30-26)18-4-2-1-3-5-18/h1-11,13-14,16,19H,12,15,17H2,(H,32,35)(H,29,30,31). The second-order valence-electron chi connectivity index (χ2n) is 8.79. The van der Waals surface area contributed by atoms with Crippen LogP contribution in [0.4, 0.5) is 22.9 Å². The molecule has 1 saturated heterocycles. The van der Waals surface area contributed by atoms with E-state index in [0.29, 0.717) is 35.2 Å². The smallest absolute Gasteiger partial charge is 0.231 e. The minimum Gasteiger partial charge on any atom is -0.454 e. The molecule has 1 fully saturated rings. The molecule has 2 amide bonds. The lowest BCUT2D eigenvalue weighted by Crippen LogP contribution is -2.28. The Labute approximate surface area is 213 Å². The normalized spacial score (nSPS) is 16.1. The van der Waals surface area contributed by atoms with Crippen molar-refractivity contribution in [3.05, 3.63) is 85.2 Å². The number of fused-ring (bicyclic) bond motifs is 1. The molecule has 9 nitrogen and oxygen atoms in total. The molecule has 0 saturated carbocycles. The molecule has 0 spiro atoms. The zero-order valence-corrected chi connectivity index (χ0v) is 19.8. The van der Waals surface area contributed by atoms with Crippen LogP contribution in [0.1, 0.15) is 6.42 Å². The Bertz CT molecular complexity index is 1460. The van der Waals surface area contributed by atoms with Gasteiger partial charge in [0.15, 0.2) is 11.5 Å². The van der Waals surface area contributed by atoms with E-state index in [-0.39, 0.29) is 25.0 Å². The van der Waals surface area contributed by atoms with Gasteiger partial charge in [-0.1, -0.05) is 30.3 Å². The predicted molar refractivity (Wildman–Crippen MR) is 139 cm³/mol. The van der Waals surface area contributed by atoms with Crippen molar-refractivity contribution in [3.63, 3.8) is 0 Å². The largest absolute Gasteiger partial charge is 0.454 e. The number of carbonyl (C=O) groups is 2. The molecule has 37 heavy (non-hydrogen) atoms. The van der Waals surface area contributed by atoms with Crippen LogP contribution < -0.4 is 25.0 Å². The predicted octanol–water partition coefficient (Wildman–Crippen LogP) is 4.61. The monoisotopic (exact) mass is 493 g/mol. The summed E-state index contributed by atoms with van der Waals surface area (Å²) in [6.07, 6.45) is 1.67. The van der Waals surface area contributed by atoms with Gasteiger partial charge in [0.2, 0.25) is 18.6 Å². The molecule has 184 valence electrons. The van der Waals surface area contributed by atoms with Crippen molar-refractivity contribution in [1.82, 2.24) is 9.97 Å². The number of benzene rings is 3. The van der Waals surface area contributed by atoms with Crippen molar-refractivity contribution in [2.75, 3.05) is 28.9 Å². The summed E-state index contributed by atoms with van der Waals surface area (Å²) in [5.41, 5.74) is 3.99. The molecule has 1 atom stereocenters. The van der Waals surface area contributed by atoms with Gasteiger partial charge in [0.25, 0.3) is 0 Å². The van der Waals surface area contributed by atoms with Gasteiger partial charge in [0.1, 0.15) is 12.1 Å². The minimum atomic E-state index is -0.451. The Morgan fingerprint density at radius 3 is 2.51 bits per heavy atom. The zero-order valence-electron chi connectivity index (χ0n) is 19.8. The highest BCUT2D eigenvalue weighted by atomic mass is 16.7. The summed E-state index contributed by atoms with van der Waals surface area (Å²) in [7, 11) is 0. The number of amides is 2. The van der Waals surface area contributed by atoms with E-state index in [0.717, 1.165) is 16.9 Å². The number of nitrogens with zero attached hydrogens (tertiary/aromatic N) is 3. The first-order valence-electron chi connectivity index (χ1n) is 11.9. The third-order valence-electron chi connectivity index (χ3n) is 6.33. The highest BCUT2D eigenvalue weighted by Crippen LogP contribution is 2.37. The number of aromatic nitrogens is 2. The number of rotatable bonds is 6. The van der Waals surface area contributed by atoms with E-state index < -0.39 is 5.92 Å². The number of carbonyl (C=O) groups excluding carboxylic acids is 2. The number of hydrogen-bond donors (Lipinski definition) is 2. The number of nitrogens with one attached hydrogen (secondary N) is 2. The van der Waals surface area contributed by atoms with Gasteiger partial charge in [-0.3, -0.25) is 9.59 Å². The Balaban J connectivity index is 1.08. The fourth-order valence-corrected chi connectivity index (χ4v) is 4.41. The molecule has 3 aromatic carbocycles. The van der Waals surface area contributed by atoms with Gasteiger partial charge in [-0.05, 0) is 36.4 Å². The third-order valence-corrected chi connectivity index (χ3v) is 6.33. The summed E-state index contributed by atoms with van der Waals surface area (Å²) >= 11 is 0. The van der Waals surface area contributed by atoms with Crippen molar-refractivity contribution >= 4 is 34.7 Å². The van der Waals surface area contributed by atoms with Crippen molar-refractivity contribution in [2.45, 2.75) is 6.42 Å². The van der Waals surface area contributed by atoms with Gasteiger partial charge in [-0.15, -0.1) is 0 Å². The van der Waals surface area contributed by atoms with Crippen LogP contribution in [0.2, 0.25) is 0 Å². The maximum absolute atomic E-state index is 12.9. The van der Waals surface area contributed by atoms with E-state index in [2.05, 4.69) is 20.6 Å². The van der Waals surface area contributed by atoms with Crippen LogP contribution in [0.3, 0.4) is 0 Å². The second-order valence-corrected chi connectivity index (χ2v) is 8.79. The molecule has 0 bridgehead atoms. The lowest BCUT2D eigenvalue weighted by Gasteiger charge is -2.17. The van der Waals surface area contributed by atoms with Gasteiger partial charge in [-0.25, -0.2) is 9.97 Å². The average molecular weight is 494 g/mol. The second kappa shape index (κ2) is 9.62. The van der Waals surface area contributed by atoms with E-state index in [4.69, 9.17) is 9.47 Å². The molecular weight excluding hydrogens is 470 g/mol. The SMILES string of the molecule is O=C(Nc1ccc(Nc2cc(-c3ccccc3)ncn2)cc1)C1CC(=O)N(c2ccc3c(c2)OCO3)C1. The highest BCUT2D eigenvalue weighted by Gasteiger charge is 2.35. The average Bonchev–Trinajstić information content (AvgIpc) is 3.56. The molecular formula is C28H23N5O4. The number of hydrogen-bond acceptors (Lipinski definition) is 7. The molecule has 4 aromatic rings. The minimum absolute atomic E-state index is 0.0988. The Morgan fingerprint density at radius 2 is 1.68 bits per heavy atom. The van der Waals surface area contributed by atoms with Gasteiger partial charge < -0.3 is 25.0 Å². The van der Waals surface area contributed by atoms with Crippen LogP contribution in [0.5, 0.6) is 11.5 Å². The summed E-state index contributed by atoms with van der Waals surface area (Å²) in [6, 6.07) is 24.5. The third kappa shape index (κ3) is 4.79. The fourth-order valence-electron chi connectivity index (χ4n) is 4.41. The van der Waals surface area contributed by atoms with Gasteiger partial charge in [0, 0.05) is 47.7 Å². The first-order chi connectivity index (χ1) is 18.1. The van der Waals surface area contributed by atoms with Crippen molar-refractivity contribution in [2.24, 2.45) is 5.92 Å². The Hall–Kier alpha value is -4.92. The summed E-state index contributed by atoms with van der Waals surface area (Å²) in [5.74, 6) is 1.18. The summed E-state index contributed by atoms with van der Waals surface area (Å²) in [5, 5.41) is 6.19. The topological polar surface area (TPSA) is 106 Å². The van der Waals surface area contributed by atoms with Crippen LogP contribution in [0.25, 0.3) is 11.3 Å². The molecule has 2 aliphatic heterocycles. The maximum atomic E-state index is 12.9. The molecule has 3 heterocycles. The first kappa shape index (κ1) is 22.5. The molecule has 9 heteroatoms. The van der Waals surface area contributed by atoms with E-state index in [1.54, 1.807) is 23.1 Å². The molecule has 1 aromatic heterocycles. The van der Waals surface area contributed by atoms with Crippen LogP contribution >= 0.6 is 0 Å². The van der Waals surface area contributed by atoms with E-state index in [1.807, 2.05) is 60.7 Å². The van der Waals surface area contributed by atoms with Crippen molar-refractivity contribution < 1.29 is 19.1 Å². The van der Waals surface area contributed by atoms with E-state index in [1.165, 1.54) is 6.33 Å². The van der Waals surface area contributed by atoms with Crippen LogP contribution in [0, 0.1) is 5.92 Å². The Morgan fingerprint density at radius 1 is 0.892 bits per heavy atom. The molecule has 2 N–H and O–H groups in total. The van der Waals surface area contributed by atoms with Crippen molar-refractivity contribution in [3.8, 4) is 22.8 Å². The maximum Gasteiger partial charge on any atom is 0.231 e. The molecule has 0 radical (unpaired) electrons. The lowest BCUT2D eigenvalue weighted by molar-refractivity contribution is -0.122. The summed E-state index contributed by atoms with van der Waals surface area (Å²) in [4.78, 5) is 35.8. The molecule has 2 aliphatic rings. The first-order valence-corrected chi connectivity index (χ1v) is 11.9. The van der Waals surface area contributed by atoms with E-state index in [9.17, 15) is 9.59 Å². The molecule has 0 aliphatic carbocycles. The summed E-state index contributed by atoms with van der Waals surface area (Å²) < 4.78 is 10.7. The van der Waals surface area contributed by atoms with Gasteiger partial charge in [-0.2, -0.15) is 0 Å². The van der Waals surface area contributed by atoms with Gasteiger partial charge in [0.05, 0.1) is 11.6 Å². The summed E-state index contributed by atoms with van der Waals surface area (Å²) in [6.45, 7) is 0.473. The van der Waals surface area contributed by atoms with Gasteiger partial charge >= 0.3 is 0 Å². The molecule has 6 rings (SSSR count). The van der Waals surface area contributed by atoms with Crippen LogP contribution in [-0.2, 0) is 9.59 Å². The highest BCUT2D eigenvalue weighted by molar-refractivity contribution is 6.03. The Kier molecular flexibility index (Phi) is 5.86. The van der Waals surface area contributed by atoms with E-state index >= 15 is 0 Å². The van der Waals surface area contributed by atoms with Crippen LogP contribution in [-0.4, -0.2) is 35.1 Å². The quantitative estimate of drug-likeness (QED) is 0.404. The molecule has 1 unspecified atom stereocenters. The zero-order chi connectivity index (χ0) is 25.2.